The van der Waals surface area contributed by atoms with Crippen molar-refractivity contribution in [3.8, 4) is 11.3 Å². The molecular weight excluding hydrogens is 469 g/mol. The summed E-state index contributed by atoms with van der Waals surface area (Å²) in [5.74, 6) is 1.64. The van der Waals surface area contributed by atoms with Gasteiger partial charge in [-0.15, -0.1) is 5.10 Å². The number of piperidine rings is 1. The van der Waals surface area contributed by atoms with Crippen molar-refractivity contribution in [2.24, 2.45) is 16.8 Å². The third-order valence-corrected chi connectivity index (χ3v) is 9.19. The highest BCUT2D eigenvalue weighted by Gasteiger charge is 2.62. The fourth-order valence-electron chi connectivity index (χ4n) is 6.74. The minimum Gasteiger partial charge on any atom is -0.377 e. The van der Waals surface area contributed by atoms with Crippen LogP contribution in [0.3, 0.4) is 0 Å². The van der Waals surface area contributed by atoms with Crippen LogP contribution in [0.1, 0.15) is 46.2 Å². The van der Waals surface area contributed by atoms with Crippen LogP contribution >= 0.6 is 0 Å². The maximum Gasteiger partial charge on any atom is 0.241 e. The largest absolute Gasteiger partial charge is 0.377 e. The Morgan fingerprint density at radius 1 is 1.22 bits per heavy atom. The number of nitrogens with one attached hydrogen (secondary N) is 1. The molecule has 4 aliphatic rings. The van der Waals surface area contributed by atoms with Gasteiger partial charge in [0.25, 0.3) is 0 Å². The van der Waals surface area contributed by atoms with Crippen molar-refractivity contribution in [1.29, 1.82) is 0 Å². The highest BCUT2D eigenvalue weighted by atomic mass is 19.1. The average Bonchev–Trinajstić information content (AvgIpc) is 3.41. The van der Waals surface area contributed by atoms with E-state index in [-0.39, 0.29) is 17.0 Å². The van der Waals surface area contributed by atoms with Gasteiger partial charge in [0, 0.05) is 30.6 Å². The topological polar surface area (TPSA) is 79.9 Å². The Labute approximate surface area is 216 Å². The van der Waals surface area contributed by atoms with E-state index in [0.29, 0.717) is 44.0 Å². The summed E-state index contributed by atoms with van der Waals surface area (Å²) in [5, 5.41) is 7.90. The first-order valence-electron chi connectivity index (χ1n) is 13.4. The lowest BCUT2D eigenvalue weighted by atomic mass is 9.90. The van der Waals surface area contributed by atoms with Gasteiger partial charge in [-0.05, 0) is 56.7 Å². The fraction of sp³-hybridized carbons (Fsp3) is 0.571. The molecule has 0 aromatic carbocycles. The third-order valence-electron chi connectivity index (χ3n) is 9.19. The molecule has 1 N–H and O–H groups in total. The Bertz CT molecular complexity index is 1410. The zero-order chi connectivity index (χ0) is 25.5. The van der Waals surface area contributed by atoms with Crippen LogP contribution in [0.25, 0.3) is 16.8 Å². The van der Waals surface area contributed by atoms with Crippen molar-refractivity contribution in [3.63, 3.8) is 0 Å². The van der Waals surface area contributed by atoms with Gasteiger partial charge in [0.1, 0.15) is 6.17 Å². The summed E-state index contributed by atoms with van der Waals surface area (Å²) in [5.41, 5.74) is 6.06. The van der Waals surface area contributed by atoms with Crippen molar-refractivity contribution in [3.05, 3.63) is 36.3 Å². The van der Waals surface area contributed by atoms with Gasteiger partial charge in [-0.25, -0.2) is 18.9 Å². The molecule has 3 aromatic heterocycles. The summed E-state index contributed by atoms with van der Waals surface area (Å²) < 4.78 is 22.2. The van der Waals surface area contributed by atoms with Crippen LogP contribution in [0.15, 0.2) is 35.6 Å². The molecule has 3 aromatic rings. The molecule has 2 saturated heterocycles. The SMILES string of the molecule is CC1=Nc2ccc(-c3ccn4nc(N[C@H]5CCN(C6(C)COC6)C[C@H]5F)ncc34)nc2[C@@]12CC2C(C)C. The smallest absolute Gasteiger partial charge is 0.241 e. The van der Waals surface area contributed by atoms with Crippen molar-refractivity contribution in [2.75, 3.05) is 31.6 Å². The molecule has 6 heterocycles. The first-order chi connectivity index (χ1) is 17.8. The fourth-order valence-corrected chi connectivity index (χ4v) is 6.74. The van der Waals surface area contributed by atoms with E-state index in [2.05, 4.69) is 54.1 Å². The minimum atomic E-state index is -0.989. The first kappa shape index (κ1) is 23.2. The van der Waals surface area contributed by atoms with E-state index in [1.54, 1.807) is 10.7 Å². The van der Waals surface area contributed by atoms with Crippen LogP contribution in [0, 0.1) is 11.8 Å². The Hall–Kier alpha value is -2.91. The molecule has 8 nitrogen and oxygen atoms in total. The quantitative estimate of drug-likeness (QED) is 0.555. The highest BCUT2D eigenvalue weighted by molar-refractivity contribution is 6.03. The second kappa shape index (κ2) is 8.04. The number of aliphatic imine (C=N–C) groups is 1. The molecule has 4 atom stereocenters. The van der Waals surface area contributed by atoms with Crippen LogP contribution in [0.4, 0.5) is 16.0 Å². The summed E-state index contributed by atoms with van der Waals surface area (Å²) in [4.78, 5) is 16.8. The maximum absolute atomic E-state index is 15.1. The van der Waals surface area contributed by atoms with Crippen LogP contribution in [-0.4, -0.2) is 74.2 Å². The van der Waals surface area contributed by atoms with Gasteiger partial charge in [-0.3, -0.25) is 9.89 Å². The molecule has 1 unspecified atom stereocenters. The summed E-state index contributed by atoms with van der Waals surface area (Å²) in [6.45, 7) is 11.5. The molecule has 1 aliphatic carbocycles. The zero-order valence-electron chi connectivity index (χ0n) is 21.9. The molecule has 9 heteroatoms. The summed E-state index contributed by atoms with van der Waals surface area (Å²) in [7, 11) is 0. The van der Waals surface area contributed by atoms with Gasteiger partial charge in [0.2, 0.25) is 5.95 Å². The van der Waals surface area contributed by atoms with E-state index in [1.807, 2.05) is 18.3 Å². The first-order valence-corrected chi connectivity index (χ1v) is 13.4. The summed E-state index contributed by atoms with van der Waals surface area (Å²) in [6, 6.07) is 5.86. The Morgan fingerprint density at radius 3 is 2.76 bits per heavy atom. The van der Waals surface area contributed by atoms with Crippen molar-refractivity contribution < 1.29 is 9.13 Å². The van der Waals surface area contributed by atoms with E-state index in [4.69, 9.17) is 14.7 Å². The van der Waals surface area contributed by atoms with E-state index in [0.717, 1.165) is 41.1 Å². The normalized spacial score (nSPS) is 30.4. The van der Waals surface area contributed by atoms with E-state index in [9.17, 15) is 0 Å². The van der Waals surface area contributed by atoms with Crippen LogP contribution in [-0.2, 0) is 10.2 Å². The van der Waals surface area contributed by atoms with Crippen LogP contribution in [0.5, 0.6) is 0 Å². The predicted molar refractivity (Wildman–Crippen MR) is 141 cm³/mol. The number of likely N-dealkylation sites (tertiary alicyclic amines) is 1. The standard InChI is InChI=1S/C28H34FN7O/c1-16(2)19-11-28(19)17(3)31-23-6-5-21(32-25(23)28)18-7-10-36-24(18)12-30-26(34-36)33-22-8-9-35(13-20(22)29)27(4)14-37-15-27/h5-7,10,12,16,19-20,22H,8-9,11,13-15H2,1-4H3,(H,33,34)/t19?,20-,22+,28+/m1/s1. The number of hydrogen-bond acceptors (Lipinski definition) is 7. The zero-order valence-corrected chi connectivity index (χ0v) is 21.9. The number of rotatable bonds is 5. The number of fused-ring (bicyclic) bond motifs is 3. The van der Waals surface area contributed by atoms with Crippen LogP contribution < -0.4 is 5.32 Å². The molecule has 0 amide bonds. The molecule has 37 heavy (non-hydrogen) atoms. The number of nitrogens with zero attached hydrogens (tertiary/aromatic N) is 6. The molecule has 0 bridgehead atoms. The maximum atomic E-state index is 15.1. The Kier molecular flexibility index (Phi) is 5.05. The molecule has 194 valence electrons. The van der Waals surface area contributed by atoms with E-state index in [1.165, 1.54) is 5.71 Å². The number of alkyl halides is 1. The van der Waals surface area contributed by atoms with Crippen molar-refractivity contribution in [2.45, 2.75) is 63.7 Å². The van der Waals surface area contributed by atoms with E-state index >= 15 is 4.39 Å². The number of ether oxygens (including phenoxy) is 1. The monoisotopic (exact) mass is 503 g/mol. The lowest BCUT2D eigenvalue weighted by molar-refractivity contribution is -0.142. The van der Waals surface area contributed by atoms with Gasteiger partial charge >= 0.3 is 0 Å². The lowest BCUT2D eigenvalue weighted by Crippen LogP contribution is -2.64. The molecule has 1 spiro atoms. The predicted octanol–water partition coefficient (Wildman–Crippen LogP) is 4.42. The number of anilines is 1. The molecular formula is C28H34FN7O. The number of halogens is 1. The van der Waals surface area contributed by atoms with Gasteiger partial charge in [0.15, 0.2) is 0 Å². The van der Waals surface area contributed by atoms with Crippen molar-refractivity contribution in [1.82, 2.24) is 24.5 Å². The van der Waals surface area contributed by atoms with E-state index < -0.39 is 6.17 Å². The number of pyridine rings is 1. The van der Waals surface area contributed by atoms with Gasteiger partial charge in [-0.1, -0.05) is 13.8 Å². The Balaban J connectivity index is 1.11. The summed E-state index contributed by atoms with van der Waals surface area (Å²) >= 11 is 0. The second-order valence-electron chi connectivity index (χ2n) is 11.9. The minimum absolute atomic E-state index is 0.00417. The van der Waals surface area contributed by atoms with Crippen LogP contribution in [0.2, 0.25) is 0 Å². The Morgan fingerprint density at radius 2 is 2.05 bits per heavy atom. The number of hydrogen-bond donors (Lipinski definition) is 1. The molecule has 0 radical (unpaired) electrons. The second-order valence-corrected chi connectivity index (χ2v) is 11.9. The van der Waals surface area contributed by atoms with Gasteiger partial charge in [-0.2, -0.15) is 0 Å². The third kappa shape index (κ3) is 3.46. The van der Waals surface area contributed by atoms with Gasteiger partial charge < -0.3 is 10.1 Å². The highest BCUT2D eigenvalue weighted by Crippen LogP contribution is 2.63. The van der Waals surface area contributed by atoms with Crippen molar-refractivity contribution >= 4 is 22.9 Å². The molecule has 1 saturated carbocycles. The lowest BCUT2D eigenvalue weighted by Gasteiger charge is -2.50. The number of aromatic nitrogens is 4. The molecule has 7 rings (SSSR count). The summed E-state index contributed by atoms with van der Waals surface area (Å²) in [6.07, 6.45) is 4.57. The molecule has 3 fully saturated rings. The molecule has 3 aliphatic heterocycles. The van der Waals surface area contributed by atoms with Gasteiger partial charge in [0.05, 0.1) is 59.0 Å². The average molecular weight is 504 g/mol.